The highest BCUT2D eigenvalue weighted by atomic mass is 35.5. The van der Waals surface area contributed by atoms with E-state index in [1.165, 1.54) is 5.56 Å². The zero-order valence-electron chi connectivity index (χ0n) is 14.4. The number of aliphatic carboxylic acids is 1. The lowest BCUT2D eigenvalue weighted by atomic mass is 9.94. The van der Waals surface area contributed by atoms with Crippen molar-refractivity contribution in [1.29, 1.82) is 0 Å². The van der Waals surface area contributed by atoms with Crippen LogP contribution in [0.2, 0.25) is 5.02 Å². The van der Waals surface area contributed by atoms with Crippen LogP contribution in [-0.4, -0.2) is 33.5 Å². The third-order valence-corrected chi connectivity index (χ3v) is 5.10. The molecule has 2 heterocycles. The average molecular weight is 359 g/mol. The van der Waals surface area contributed by atoms with Gasteiger partial charge in [-0.2, -0.15) is 0 Å². The lowest BCUT2D eigenvalue weighted by Crippen LogP contribution is -2.47. The molecule has 1 fully saturated rings. The van der Waals surface area contributed by atoms with Crippen molar-refractivity contribution < 1.29 is 9.90 Å². The van der Waals surface area contributed by atoms with E-state index >= 15 is 0 Å². The zero-order chi connectivity index (χ0) is 17.8. The van der Waals surface area contributed by atoms with Crippen LogP contribution in [0.4, 0.5) is 0 Å². The van der Waals surface area contributed by atoms with Gasteiger partial charge in [-0.05, 0) is 55.1 Å². The molecule has 0 saturated carbocycles. The normalized spacial score (nSPS) is 19.5. The standard InChI is InChI=1S/C20H23ClN2O2/c1-2-14-9-10-17(22-13-14)19(15-6-5-7-16(21)12-15)23-11-4-3-8-18(23)20(24)25/h5-7,9-10,12-13,18-19H,2-4,8,11H2,1H3,(H,24,25). The van der Waals surface area contributed by atoms with Crippen molar-refractivity contribution in [3.8, 4) is 0 Å². The fourth-order valence-electron chi connectivity index (χ4n) is 3.54. The molecule has 0 bridgehead atoms. The average Bonchev–Trinajstić information content (AvgIpc) is 2.63. The van der Waals surface area contributed by atoms with E-state index in [-0.39, 0.29) is 6.04 Å². The van der Waals surface area contributed by atoms with Gasteiger partial charge in [0.05, 0.1) is 11.7 Å². The third kappa shape index (κ3) is 4.02. The molecule has 1 aromatic heterocycles. The molecule has 2 aromatic rings. The Kier molecular flexibility index (Phi) is 5.71. The molecule has 25 heavy (non-hydrogen) atoms. The van der Waals surface area contributed by atoms with Crippen molar-refractivity contribution in [2.75, 3.05) is 6.54 Å². The molecule has 1 aliphatic rings. The second kappa shape index (κ2) is 7.98. The van der Waals surface area contributed by atoms with Crippen molar-refractivity contribution >= 4 is 17.6 Å². The Bertz CT molecular complexity index is 733. The number of carbonyl (C=O) groups is 1. The number of halogens is 1. The fourth-order valence-corrected chi connectivity index (χ4v) is 3.74. The van der Waals surface area contributed by atoms with Gasteiger partial charge < -0.3 is 5.11 Å². The van der Waals surface area contributed by atoms with Gasteiger partial charge in [-0.1, -0.05) is 43.1 Å². The molecule has 1 saturated heterocycles. The summed E-state index contributed by atoms with van der Waals surface area (Å²) in [5.74, 6) is -0.767. The highest BCUT2D eigenvalue weighted by Gasteiger charge is 2.35. The van der Waals surface area contributed by atoms with Crippen LogP contribution in [0.5, 0.6) is 0 Å². The summed E-state index contributed by atoms with van der Waals surface area (Å²) in [4.78, 5) is 18.5. The number of aryl methyl sites for hydroxylation is 1. The Morgan fingerprint density at radius 3 is 2.84 bits per heavy atom. The zero-order valence-corrected chi connectivity index (χ0v) is 15.1. The lowest BCUT2D eigenvalue weighted by molar-refractivity contribution is -0.145. The summed E-state index contributed by atoms with van der Waals surface area (Å²) in [6.07, 6.45) is 5.41. The van der Waals surface area contributed by atoms with Crippen molar-refractivity contribution in [3.63, 3.8) is 0 Å². The van der Waals surface area contributed by atoms with Gasteiger partial charge in [0.25, 0.3) is 0 Å². The van der Waals surface area contributed by atoms with Crippen LogP contribution >= 0.6 is 11.6 Å². The third-order valence-electron chi connectivity index (χ3n) is 4.86. The van der Waals surface area contributed by atoms with Crippen LogP contribution in [0.1, 0.15) is 49.0 Å². The number of benzene rings is 1. The van der Waals surface area contributed by atoms with Gasteiger partial charge in [0.2, 0.25) is 0 Å². The summed E-state index contributed by atoms with van der Waals surface area (Å²) in [6.45, 7) is 2.83. The van der Waals surface area contributed by atoms with Crippen molar-refractivity contribution in [1.82, 2.24) is 9.88 Å². The van der Waals surface area contributed by atoms with Gasteiger partial charge >= 0.3 is 5.97 Å². The number of aromatic nitrogens is 1. The first-order valence-corrected chi connectivity index (χ1v) is 9.16. The monoisotopic (exact) mass is 358 g/mol. The molecule has 1 aliphatic heterocycles. The minimum Gasteiger partial charge on any atom is -0.480 e. The van der Waals surface area contributed by atoms with E-state index in [1.807, 2.05) is 36.5 Å². The van der Waals surface area contributed by atoms with E-state index in [0.717, 1.165) is 37.1 Å². The first kappa shape index (κ1) is 17.9. The topological polar surface area (TPSA) is 53.4 Å². The summed E-state index contributed by atoms with van der Waals surface area (Å²) in [5, 5.41) is 10.3. The van der Waals surface area contributed by atoms with Gasteiger partial charge in [0.15, 0.2) is 0 Å². The van der Waals surface area contributed by atoms with E-state index in [1.54, 1.807) is 0 Å². The second-order valence-electron chi connectivity index (χ2n) is 6.49. The number of likely N-dealkylation sites (tertiary alicyclic amines) is 1. The largest absolute Gasteiger partial charge is 0.480 e. The Hall–Kier alpha value is -1.91. The number of pyridine rings is 1. The van der Waals surface area contributed by atoms with E-state index < -0.39 is 12.0 Å². The van der Waals surface area contributed by atoms with Crippen molar-refractivity contribution in [3.05, 3.63) is 64.4 Å². The molecule has 132 valence electrons. The molecule has 0 spiro atoms. The molecule has 3 rings (SSSR count). The fraction of sp³-hybridized carbons (Fsp3) is 0.400. The van der Waals surface area contributed by atoms with Gasteiger partial charge in [-0.3, -0.25) is 14.7 Å². The van der Waals surface area contributed by atoms with E-state index in [9.17, 15) is 9.90 Å². The van der Waals surface area contributed by atoms with Crippen molar-refractivity contribution in [2.24, 2.45) is 0 Å². The summed E-state index contributed by atoms with van der Waals surface area (Å²) in [7, 11) is 0. The number of hydrogen-bond donors (Lipinski definition) is 1. The van der Waals surface area contributed by atoms with Crippen LogP contribution in [0.25, 0.3) is 0 Å². The Morgan fingerprint density at radius 2 is 2.20 bits per heavy atom. The summed E-state index contributed by atoms with van der Waals surface area (Å²) in [5.41, 5.74) is 3.02. The molecule has 0 radical (unpaired) electrons. The Labute approximate surface area is 153 Å². The van der Waals surface area contributed by atoms with Crippen LogP contribution in [0.3, 0.4) is 0 Å². The molecule has 1 N–H and O–H groups in total. The Balaban J connectivity index is 2.05. The number of carboxylic acids is 1. The molecule has 1 aromatic carbocycles. The lowest BCUT2D eigenvalue weighted by Gasteiger charge is -2.39. The minimum absolute atomic E-state index is 0.203. The van der Waals surface area contributed by atoms with Gasteiger partial charge in [-0.25, -0.2) is 0 Å². The van der Waals surface area contributed by atoms with Crippen LogP contribution in [0, 0.1) is 0 Å². The highest BCUT2D eigenvalue weighted by molar-refractivity contribution is 6.30. The number of nitrogens with zero attached hydrogens (tertiary/aromatic N) is 2. The first-order chi connectivity index (χ1) is 12.1. The molecule has 2 unspecified atom stereocenters. The van der Waals surface area contributed by atoms with Crippen LogP contribution < -0.4 is 0 Å². The SMILES string of the molecule is CCc1ccc(C(c2cccc(Cl)c2)N2CCCCC2C(=O)O)nc1. The summed E-state index contributed by atoms with van der Waals surface area (Å²) < 4.78 is 0. The smallest absolute Gasteiger partial charge is 0.320 e. The number of piperidine rings is 1. The minimum atomic E-state index is -0.767. The molecule has 0 amide bonds. The molecule has 5 heteroatoms. The number of carboxylic acid groups (broad SMARTS) is 1. The molecule has 4 nitrogen and oxygen atoms in total. The maximum Gasteiger partial charge on any atom is 0.320 e. The van der Waals surface area contributed by atoms with E-state index in [4.69, 9.17) is 11.6 Å². The molecular weight excluding hydrogens is 336 g/mol. The van der Waals surface area contributed by atoms with Gasteiger partial charge in [0.1, 0.15) is 6.04 Å². The quantitative estimate of drug-likeness (QED) is 0.864. The molecular formula is C20H23ClN2O2. The number of rotatable bonds is 5. The van der Waals surface area contributed by atoms with Crippen molar-refractivity contribution in [2.45, 2.75) is 44.7 Å². The van der Waals surface area contributed by atoms with Crippen LogP contribution in [0.15, 0.2) is 42.6 Å². The molecule has 2 atom stereocenters. The number of hydrogen-bond acceptors (Lipinski definition) is 3. The highest BCUT2D eigenvalue weighted by Crippen LogP contribution is 2.34. The van der Waals surface area contributed by atoms with Gasteiger partial charge in [-0.15, -0.1) is 0 Å². The van der Waals surface area contributed by atoms with E-state index in [0.29, 0.717) is 11.4 Å². The van der Waals surface area contributed by atoms with E-state index in [2.05, 4.69) is 22.9 Å². The second-order valence-corrected chi connectivity index (χ2v) is 6.93. The predicted octanol–water partition coefficient (Wildman–Crippen LogP) is 4.33. The molecule has 0 aliphatic carbocycles. The van der Waals surface area contributed by atoms with Crippen LogP contribution in [-0.2, 0) is 11.2 Å². The van der Waals surface area contributed by atoms with Gasteiger partial charge in [0, 0.05) is 11.2 Å². The maximum atomic E-state index is 11.8. The predicted molar refractivity (Wildman–Crippen MR) is 98.9 cm³/mol. The Morgan fingerprint density at radius 1 is 1.36 bits per heavy atom. The maximum absolute atomic E-state index is 11.8. The summed E-state index contributed by atoms with van der Waals surface area (Å²) in [6, 6.07) is 11.0. The summed E-state index contributed by atoms with van der Waals surface area (Å²) >= 11 is 6.21. The first-order valence-electron chi connectivity index (χ1n) is 8.79.